The van der Waals surface area contributed by atoms with Gasteiger partial charge in [-0.05, 0) is 45.0 Å². The summed E-state index contributed by atoms with van der Waals surface area (Å²) >= 11 is 0. The van der Waals surface area contributed by atoms with Crippen LogP contribution in [0.2, 0.25) is 0 Å². The summed E-state index contributed by atoms with van der Waals surface area (Å²) in [5, 5.41) is 6.82. The Hall–Kier alpha value is -2.57. The average molecular weight is 318 g/mol. The molecule has 0 aliphatic carbocycles. The predicted octanol–water partition coefficient (Wildman–Crippen LogP) is 2.69. The Morgan fingerprint density at radius 3 is 2.52 bits per heavy atom. The van der Waals surface area contributed by atoms with Crippen LogP contribution in [0.25, 0.3) is 11.4 Å². The second-order valence-corrected chi connectivity index (χ2v) is 6.28. The van der Waals surface area contributed by atoms with Crippen LogP contribution >= 0.6 is 0 Å². The van der Waals surface area contributed by atoms with Gasteiger partial charge in [0.2, 0.25) is 11.7 Å². The van der Waals surface area contributed by atoms with Crippen molar-refractivity contribution in [3.05, 3.63) is 30.2 Å². The van der Waals surface area contributed by atoms with Crippen molar-refractivity contribution in [2.75, 3.05) is 14.2 Å². The summed E-state index contributed by atoms with van der Waals surface area (Å²) in [6.45, 7) is 6.01. The summed E-state index contributed by atoms with van der Waals surface area (Å²) in [4.78, 5) is 17.8. The van der Waals surface area contributed by atoms with Crippen LogP contribution < -0.4 is 10.1 Å². The van der Waals surface area contributed by atoms with Gasteiger partial charge in [-0.25, -0.2) is 4.79 Å². The molecular formula is C16H22N4O3. The lowest BCUT2D eigenvalue weighted by Crippen LogP contribution is -2.46. The van der Waals surface area contributed by atoms with Crippen LogP contribution in [0.5, 0.6) is 5.75 Å². The molecule has 1 aromatic heterocycles. The maximum absolute atomic E-state index is 12.0. The quantitative estimate of drug-likeness (QED) is 0.937. The number of aromatic nitrogens is 2. The molecule has 0 unspecified atom stereocenters. The number of rotatable bonds is 4. The van der Waals surface area contributed by atoms with E-state index in [1.165, 1.54) is 4.90 Å². The van der Waals surface area contributed by atoms with Gasteiger partial charge in [0, 0.05) is 18.2 Å². The van der Waals surface area contributed by atoms with Crippen molar-refractivity contribution in [2.45, 2.75) is 32.9 Å². The number of carbonyl (C=O) groups is 1. The van der Waals surface area contributed by atoms with Gasteiger partial charge in [-0.15, -0.1) is 0 Å². The fourth-order valence-corrected chi connectivity index (χ4v) is 1.87. The number of nitrogens with one attached hydrogen (secondary N) is 1. The van der Waals surface area contributed by atoms with E-state index in [4.69, 9.17) is 9.26 Å². The van der Waals surface area contributed by atoms with Gasteiger partial charge < -0.3 is 19.5 Å². The molecule has 7 nitrogen and oxygen atoms in total. The van der Waals surface area contributed by atoms with E-state index in [1.807, 2.05) is 45.0 Å². The molecule has 0 radical (unpaired) electrons. The van der Waals surface area contributed by atoms with Crippen molar-refractivity contribution >= 4 is 6.03 Å². The van der Waals surface area contributed by atoms with Crippen LogP contribution in [0.15, 0.2) is 28.8 Å². The first-order valence-corrected chi connectivity index (χ1v) is 7.29. The molecule has 23 heavy (non-hydrogen) atoms. The number of hydrogen-bond donors (Lipinski definition) is 1. The number of benzene rings is 1. The van der Waals surface area contributed by atoms with Gasteiger partial charge in [0.15, 0.2) is 0 Å². The van der Waals surface area contributed by atoms with Gasteiger partial charge in [0.05, 0.1) is 7.11 Å². The molecule has 0 saturated carbocycles. The van der Waals surface area contributed by atoms with Crippen molar-refractivity contribution in [1.29, 1.82) is 0 Å². The van der Waals surface area contributed by atoms with E-state index in [1.54, 1.807) is 14.2 Å². The van der Waals surface area contributed by atoms with Crippen molar-refractivity contribution in [2.24, 2.45) is 0 Å². The monoisotopic (exact) mass is 318 g/mol. The van der Waals surface area contributed by atoms with Crippen LogP contribution in [0.4, 0.5) is 4.79 Å². The van der Waals surface area contributed by atoms with Gasteiger partial charge in [-0.2, -0.15) is 4.98 Å². The fraction of sp³-hybridized carbons (Fsp3) is 0.438. The van der Waals surface area contributed by atoms with Gasteiger partial charge in [0.1, 0.15) is 12.3 Å². The molecule has 0 aliphatic rings. The molecule has 0 spiro atoms. The van der Waals surface area contributed by atoms with Crippen molar-refractivity contribution in [3.8, 4) is 17.1 Å². The molecule has 2 amide bonds. The van der Waals surface area contributed by atoms with Crippen LogP contribution in [0.1, 0.15) is 26.7 Å². The van der Waals surface area contributed by atoms with Crippen LogP contribution in [0.3, 0.4) is 0 Å². The Labute approximate surface area is 135 Å². The second kappa shape index (κ2) is 6.68. The fourth-order valence-electron chi connectivity index (χ4n) is 1.87. The highest BCUT2D eigenvalue weighted by Crippen LogP contribution is 2.20. The van der Waals surface area contributed by atoms with Gasteiger partial charge in [0.25, 0.3) is 0 Å². The minimum atomic E-state index is -0.297. The number of urea groups is 1. The SMILES string of the molecule is COc1ccc(-c2noc(CN(C)C(=O)NC(C)(C)C)n2)cc1. The zero-order valence-electron chi connectivity index (χ0n) is 14.1. The molecule has 0 atom stereocenters. The predicted molar refractivity (Wildman–Crippen MR) is 86.0 cm³/mol. The van der Waals surface area contributed by atoms with E-state index >= 15 is 0 Å². The number of nitrogens with zero attached hydrogens (tertiary/aromatic N) is 3. The molecular weight excluding hydrogens is 296 g/mol. The standard InChI is InChI=1S/C16H22N4O3/c1-16(2,3)18-15(21)20(4)10-13-17-14(19-23-13)11-6-8-12(22-5)9-7-11/h6-9H,10H2,1-5H3,(H,18,21). The van der Waals surface area contributed by atoms with Gasteiger partial charge in [-0.3, -0.25) is 0 Å². The summed E-state index contributed by atoms with van der Waals surface area (Å²) in [6, 6.07) is 7.16. The van der Waals surface area contributed by atoms with Crippen LogP contribution in [-0.4, -0.2) is 40.8 Å². The zero-order chi connectivity index (χ0) is 17.0. The third-order valence-corrected chi connectivity index (χ3v) is 3.02. The van der Waals surface area contributed by atoms with Crippen molar-refractivity contribution in [1.82, 2.24) is 20.4 Å². The Balaban J connectivity index is 2.02. The number of ether oxygens (including phenoxy) is 1. The molecule has 7 heteroatoms. The third kappa shape index (κ3) is 4.70. The molecule has 1 aromatic carbocycles. The molecule has 1 N–H and O–H groups in total. The van der Waals surface area contributed by atoms with E-state index < -0.39 is 0 Å². The molecule has 124 valence electrons. The van der Waals surface area contributed by atoms with Crippen LogP contribution in [-0.2, 0) is 6.54 Å². The lowest BCUT2D eigenvalue weighted by Gasteiger charge is -2.24. The number of amides is 2. The summed E-state index contributed by atoms with van der Waals surface area (Å²) in [7, 11) is 3.29. The Morgan fingerprint density at radius 1 is 1.30 bits per heavy atom. The highest BCUT2D eigenvalue weighted by Gasteiger charge is 2.19. The molecule has 0 saturated heterocycles. The highest BCUT2D eigenvalue weighted by molar-refractivity contribution is 5.74. The smallest absolute Gasteiger partial charge is 0.318 e. The number of carbonyl (C=O) groups excluding carboxylic acids is 1. The van der Waals surface area contributed by atoms with Gasteiger partial charge in [-0.1, -0.05) is 5.16 Å². The second-order valence-electron chi connectivity index (χ2n) is 6.28. The van der Waals surface area contributed by atoms with E-state index in [0.29, 0.717) is 11.7 Å². The van der Waals surface area contributed by atoms with E-state index in [9.17, 15) is 4.79 Å². The summed E-state index contributed by atoms with van der Waals surface area (Å²) < 4.78 is 10.3. The first-order valence-electron chi connectivity index (χ1n) is 7.29. The largest absolute Gasteiger partial charge is 0.497 e. The Kier molecular flexibility index (Phi) is 4.88. The lowest BCUT2D eigenvalue weighted by atomic mass is 10.1. The minimum absolute atomic E-state index is 0.193. The maximum Gasteiger partial charge on any atom is 0.318 e. The molecule has 2 rings (SSSR count). The van der Waals surface area contributed by atoms with Crippen LogP contribution in [0, 0.1) is 0 Å². The maximum atomic E-state index is 12.0. The summed E-state index contributed by atoms with van der Waals surface area (Å²) in [6.07, 6.45) is 0. The molecule has 1 heterocycles. The van der Waals surface area contributed by atoms with E-state index in [2.05, 4.69) is 15.5 Å². The average Bonchev–Trinajstić information content (AvgIpc) is 2.94. The third-order valence-electron chi connectivity index (χ3n) is 3.02. The first-order chi connectivity index (χ1) is 10.8. The van der Waals surface area contributed by atoms with E-state index in [-0.39, 0.29) is 18.1 Å². The molecule has 0 aliphatic heterocycles. The zero-order valence-corrected chi connectivity index (χ0v) is 14.1. The normalized spacial score (nSPS) is 11.2. The minimum Gasteiger partial charge on any atom is -0.497 e. The van der Waals surface area contributed by atoms with Gasteiger partial charge >= 0.3 is 6.03 Å². The first kappa shape index (κ1) is 16.8. The molecule has 2 aromatic rings. The van der Waals surface area contributed by atoms with Crippen molar-refractivity contribution in [3.63, 3.8) is 0 Å². The van der Waals surface area contributed by atoms with E-state index in [0.717, 1.165) is 11.3 Å². The summed E-state index contributed by atoms with van der Waals surface area (Å²) in [5.41, 5.74) is 0.525. The number of hydrogen-bond acceptors (Lipinski definition) is 5. The number of methoxy groups -OCH3 is 1. The topological polar surface area (TPSA) is 80.5 Å². The Bertz CT molecular complexity index is 659. The molecule has 0 fully saturated rings. The highest BCUT2D eigenvalue weighted by atomic mass is 16.5. The molecule has 0 bridgehead atoms. The Morgan fingerprint density at radius 2 is 1.96 bits per heavy atom. The lowest BCUT2D eigenvalue weighted by molar-refractivity contribution is 0.190. The van der Waals surface area contributed by atoms with Crippen molar-refractivity contribution < 1.29 is 14.1 Å². The summed E-state index contributed by atoms with van der Waals surface area (Å²) in [5.74, 6) is 1.62.